The lowest BCUT2D eigenvalue weighted by Crippen LogP contribution is -3.14. The summed E-state index contributed by atoms with van der Waals surface area (Å²) in [6.07, 6.45) is 4.13. The lowest BCUT2D eigenvalue weighted by molar-refractivity contribution is -0.933. The number of quaternary nitrogens is 1. The number of halogens is 3. The van der Waals surface area contributed by atoms with Crippen LogP contribution in [0.25, 0.3) is 6.08 Å². The van der Waals surface area contributed by atoms with E-state index in [9.17, 15) is 0 Å². The van der Waals surface area contributed by atoms with Crippen LogP contribution in [0.4, 0.5) is 0 Å². The van der Waals surface area contributed by atoms with E-state index in [0.29, 0.717) is 28.3 Å². The predicted octanol–water partition coefficient (Wildman–Crippen LogP) is 4.94. The Labute approximate surface area is 215 Å². The average Bonchev–Trinajstić information content (AvgIpc) is 3.25. The fraction of sp³-hybridized carbons (Fsp3) is 0.400. The van der Waals surface area contributed by atoms with Gasteiger partial charge in [-0.25, -0.2) is 4.68 Å². The topological polar surface area (TPSA) is 57.3 Å². The quantitative estimate of drug-likeness (QED) is 0.499. The van der Waals surface area contributed by atoms with Crippen LogP contribution in [0.5, 0.6) is 0 Å². The van der Waals surface area contributed by atoms with E-state index < -0.39 is 0 Å². The highest BCUT2D eigenvalue weighted by Gasteiger charge is 2.36. The van der Waals surface area contributed by atoms with E-state index in [-0.39, 0.29) is 17.5 Å². The Kier molecular flexibility index (Phi) is 7.95. The molecule has 0 unspecified atom stereocenters. The molecule has 1 aliphatic heterocycles. The Balaban J connectivity index is 1.76. The SMILES string of the molecule is CC(C)(C)[C@@H](/C=C/c1ccc(Cl)cc1Cl)n1nnnc1[C@H](c1ccc(Cl)cc1)[NH+]1CCOCC1. The van der Waals surface area contributed by atoms with Crippen LogP contribution in [0.15, 0.2) is 48.5 Å². The Morgan fingerprint density at radius 2 is 1.68 bits per heavy atom. The number of morpholine rings is 1. The molecule has 180 valence electrons. The molecule has 6 nitrogen and oxygen atoms in total. The second-order valence-electron chi connectivity index (χ2n) is 9.57. The Morgan fingerprint density at radius 1 is 1.00 bits per heavy atom. The van der Waals surface area contributed by atoms with Gasteiger partial charge in [0.05, 0.1) is 19.3 Å². The molecule has 0 aliphatic carbocycles. The molecule has 1 saturated heterocycles. The molecule has 34 heavy (non-hydrogen) atoms. The molecule has 2 heterocycles. The number of aromatic nitrogens is 4. The van der Waals surface area contributed by atoms with Gasteiger partial charge in [0.1, 0.15) is 13.1 Å². The molecule has 2 aromatic carbocycles. The Morgan fingerprint density at radius 3 is 2.32 bits per heavy atom. The summed E-state index contributed by atoms with van der Waals surface area (Å²) in [4.78, 5) is 1.36. The minimum absolute atomic E-state index is 0.0477. The first kappa shape index (κ1) is 25.1. The smallest absolute Gasteiger partial charge is 0.214 e. The molecule has 0 radical (unpaired) electrons. The molecular formula is C25H29Cl3N5O+. The number of hydrogen-bond acceptors (Lipinski definition) is 4. The predicted molar refractivity (Wildman–Crippen MR) is 137 cm³/mol. The molecule has 1 fully saturated rings. The van der Waals surface area contributed by atoms with Crippen molar-refractivity contribution >= 4 is 40.9 Å². The number of nitrogens with one attached hydrogen (secondary N) is 1. The zero-order valence-electron chi connectivity index (χ0n) is 19.5. The minimum atomic E-state index is -0.162. The summed E-state index contributed by atoms with van der Waals surface area (Å²) >= 11 is 18.7. The molecule has 0 amide bonds. The third-order valence-electron chi connectivity index (χ3n) is 6.09. The van der Waals surface area contributed by atoms with Crippen LogP contribution < -0.4 is 4.90 Å². The third-order valence-corrected chi connectivity index (χ3v) is 6.91. The maximum Gasteiger partial charge on any atom is 0.214 e. The van der Waals surface area contributed by atoms with Crippen molar-refractivity contribution in [2.24, 2.45) is 5.41 Å². The van der Waals surface area contributed by atoms with Crippen LogP contribution in [0, 0.1) is 5.41 Å². The molecule has 0 bridgehead atoms. The number of rotatable bonds is 6. The Bertz CT molecular complexity index is 1130. The fourth-order valence-electron chi connectivity index (χ4n) is 4.30. The van der Waals surface area contributed by atoms with Gasteiger partial charge in [-0.1, -0.05) is 85.9 Å². The summed E-state index contributed by atoms with van der Waals surface area (Å²) in [5, 5.41) is 15.0. The van der Waals surface area contributed by atoms with E-state index in [1.165, 1.54) is 4.90 Å². The summed E-state index contributed by atoms with van der Waals surface area (Å²) in [5.74, 6) is 0.811. The molecule has 2 atom stereocenters. The molecule has 1 aromatic heterocycles. The third kappa shape index (κ3) is 5.81. The van der Waals surface area contributed by atoms with Gasteiger partial charge in [-0.15, -0.1) is 5.10 Å². The number of nitrogens with zero attached hydrogens (tertiary/aromatic N) is 4. The van der Waals surface area contributed by atoms with E-state index in [0.717, 1.165) is 30.0 Å². The minimum Gasteiger partial charge on any atom is -0.370 e. The van der Waals surface area contributed by atoms with Crippen molar-refractivity contribution in [2.45, 2.75) is 32.9 Å². The summed E-state index contributed by atoms with van der Waals surface area (Å²) in [7, 11) is 0. The van der Waals surface area contributed by atoms with E-state index in [4.69, 9.17) is 39.5 Å². The summed E-state index contributed by atoms with van der Waals surface area (Å²) in [6.45, 7) is 9.69. The summed E-state index contributed by atoms with van der Waals surface area (Å²) < 4.78 is 7.57. The zero-order valence-corrected chi connectivity index (χ0v) is 21.8. The highest BCUT2D eigenvalue weighted by molar-refractivity contribution is 6.35. The van der Waals surface area contributed by atoms with Gasteiger partial charge >= 0.3 is 0 Å². The van der Waals surface area contributed by atoms with E-state index in [1.807, 2.05) is 35.0 Å². The van der Waals surface area contributed by atoms with Crippen molar-refractivity contribution in [3.05, 3.63) is 80.6 Å². The summed E-state index contributed by atoms with van der Waals surface area (Å²) in [6, 6.07) is 13.3. The maximum absolute atomic E-state index is 6.42. The van der Waals surface area contributed by atoms with Crippen LogP contribution in [0.1, 0.15) is 49.8 Å². The van der Waals surface area contributed by atoms with Crippen molar-refractivity contribution in [3.63, 3.8) is 0 Å². The molecule has 4 rings (SSSR count). The lowest BCUT2D eigenvalue weighted by Gasteiger charge is -2.33. The van der Waals surface area contributed by atoms with Crippen molar-refractivity contribution in [2.75, 3.05) is 26.3 Å². The number of tetrazole rings is 1. The molecular weight excluding hydrogens is 493 g/mol. The monoisotopic (exact) mass is 520 g/mol. The van der Waals surface area contributed by atoms with Crippen LogP contribution in [-0.2, 0) is 4.74 Å². The van der Waals surface area contributed by atoms with Crippen molar-refractivity contribution in [1.29, 1.82) is 0 Å². The first-order valence-electron chi connectivity index (χ1n) is 11.3. The largest absolute Gasteiger partial charge is 0.370 e. The molecule has 0 saturated carbocycles. The molecule has 1 aliphatic rings. The van der Waals surface area contributed by atoms with Gasteiger partial charge in [0.2, 0.25) is 5.82 Å². The molecule has 9 heteroatoms. The van der Waals surface area contributed by atoms with Crippen LogP contribution in [0.2, 0.25) is 15.1 Å². The van der Waals surface area contributed by atoms with Crippen molar-refractivity contribution in [3.8, 4) is 0 Å². The Hall–Kier alpha value is -1.96. The van der Waals surface area contributed by atoms with Crippen LogP contribution >= 0.6 is 34.8 Å². The first-order valence-corrected chi connectivity index (χ1v) is 12.5. The van der Waals surface area contributed by atoms with Gasteiger partial charge in [0, 0.05) is 20.6 Å². The summed E-state index contributed by atoms with van der Waals surface area (Å²) in [5.41, 5.74) is 1.85. The van der Waals surface area contributed by atoms with Crippen molar-refractivity contribution in [1.82, 2.24) is 20.2 Å². The molecule has 3 aromatic rings. The highest BCUT2D eigenvalue weighted by Crippen LogP contribution is 2.34. The number of hydrogen-bond donors (Lipinski definition) is 1. The standard InChI is InChI=1S/C25H28Cl3N5O/c1-25(2,3)22(11-7-17-4-10-20(27)16-21(17)28)33-24(29-30-31-33)23(32-12-14-34-15-13-32)18-5-8-19(26)9-6-18/h4-11,16,22-23H,12-15H2,1-3H3/p+1/b11-7+/t22-,23+/m1/s1. The van der Waals surface area contributed by atoms with Gasteiger partial charge in [-0.2, -0.15) is 0 Å². The lowest BCUT2D eigenvalue weighted by atomic mass is 9.86. The highest BCUT2D eigenvalue weighted by atomic mass is 35.5. The van der Waals surface area contributed by atoms with Crippen LogP contribution in [-0.4, -0.2) is 46.5 Å². The van der Waals surface area contributed by atoms with Gasteiger partial charge in [0.15, 0.2) is 6.04 Å². The number of benzene rings is 2. The number of ether oxygens (including phenoxy) is 1. The second-order valence-corrected chi connectivity index (χ2v) is 10.9. The first-order chi connectivity index (χ1) is 16.2. The van der Waals surface area contributed by atoms with Crippen LogP contribution in [0.3, 0.4) is 0 Å². The van der Waals surface area contributed by atoms with Gasteiger partial charge in [-0.05, 0) is 45.7 Å². The second kappa shape index (κ2) is 10.8. The molecule has 1 N–H and O–H groups in total. The number of allylic oxidation sites excluding steroid dienone is 1. The fourth-order valence-corrected chi connectivity index (χ4v) is 4.90. The zero-order chi connectivity index (χ0) is 24.3. The average molecular weight is 522 g/mol. The van der Waals surface area contributed by atoms with E-state index >= 15 is 0 Å². The van der Waals surface area contributed by atoms with E-state index in [1.54, 1.807) is 6.07 Å². The van der Waals surface area contributed by atoms with E-state index in [2.05, 4.69) is 54.5 Å². The maximum atomic E-state index is 6.42. The van der Waals surface area contributed by atoms with Crippen molar-refractivity contribution < 1.29 is 9.64 Å². The van der Waals surface area contributed by atoms with Gasteiger partial charge < -0.3 is 9.64 Å². The van der Waals surface area contributed by atoms with Gasteiger partial charge in [0.25, 0.3) is 0 Å². The molecule has 0 spiro atoms. The normalized spacial score (nSPS) is 17.2. The van der Waals surface area contributed by atoms with Gasteiger partial charge in [-0.3, -0.25) is 0 Å².